The Bertz CT molecular complexity index is 1450. The van der Waals surface area contributed by atoms with Crippen LogP contribution in [0, 0.1) is 0 Å². The minimum atomic E-state index is -4.65. The lowest BCUT2D eigenvalue weighted by molar-refractivity contribution is -0.137. The zero-order chi connectivity index (χ0) is 23.1. The Labute approximate surface area is 183 Å². The average molecular weight is 482 g/mol. The number of hydrogen-bond acceptors (Lipinski definition) is 7. The topological polar surface area (TPSA) is 105 Å². The van der Waals surface area contributed by atoms with Crippen LogP contribution >= 0.6 is 11.3 Å². The lowest BCUT2D eigenvalue weighted by atomic mass is 10.2. The van der Waals surface area contributed by atoms with Crippen molar-refractivity contribution < 1.29 is 26.3 Å². The first-order valence-corrected chi connectivity index (χ1v) is 11.1. The van der Waals surface area contributed by atoms with E-state index < -0.39 is 27.3 Å². The number of anilines is 2. The number of ether oxygens (including phenoxy) is 1. The van der Waals surface area contributed by atoms with Crippen molar-refractivity contribution in [3.05, 3.63) is 70.1 Å². The minimum Gasteiger partial charge on any atom is -0.495 e. The van der Waals surface area contributed by atoms with Gasteiger partial charge in [0.05, 0.1) is 29.2 Å². The molecule has 0 radical (unpaired) electrons. The number of aromatic nitrogens is 3. The van der Waals surface area contributed by atoms with Crippen molar-refractivity contribution in [2.45, 2.75) is 11.1 Å². The molecule has 0 aliphatic heterocycles. The van der Waals surface area contributed by atoms with E-state index in [1.165, 1.54) is 36.0 Å². The summed E-state index contributed by atoms with van der Waals surface area (Å²) in [7, 11) is -3.29. The quantitative estimate of drug-likeness (QED) is 0.462. The van der Waals surface area contributed by atoms with Crippen molar-refractivity contribution in [3.8, 4) is 5.75 Å². The van der Waals surface area contributed by atoms with E-state index in [1.54, 1.807) is 0 Å². The fourth-order valence-corrected chi connectivity index (χ4v) is 5.37. The first-order chi connectivity index (χ1) is 15.1. The van der Waals surface area contributed by atoms with E-state index in [9.17, 15) is 26.4 Å². The van der Waals surface area contributed by atoms with Crippen molar-refractivity contribution in [2.75, 3.05) is 11.4 Å². The summed E-state index contributed by atoms with van der Waals surface area (Å²) < 4.78 is 72.6. The number of methoxy groups -OCH3 is 1. The molecule has 2 aromatic heterocycles. The van der Waals surface area contributed by atoms with Gasteiger partial charge < -0.3 is 4.74 Å². The molecular weight excluding hydrogens is 469 g/mol. The van der Waals surface area contributed by atoms with E-state index in [-0.39, 0.29) is 26.9 Å². The van der Waals surface area contributed by atoms with Crippen LogP contribution in [0.1, 0.15) is 5.56 Å². The zero-order valence-corrected chi connectivity index (χ0v) is 17.8. The van der Waals surface area contributed by atoms with Gasteiger partial charge in [-0.1, -0.05) is 6.07 Å². The largest absolute Gasteiger partial charge is 0.495 e. The molecule has 8 nitrogen and oxygen atoms in total. The molecule has 4 aromatic rings. The Morgan fingerprint density at radius 3 is 2.59 bits per heavy atom. The molecule has 2 aromatic carbocycles. The summed E-state index contributed by atoms with van der Waals surface area (Å²) in [4.78, 5) is 15.9. The summed E-state index contributed by atoms with van der Waals surface area (Å²) in [6.07, 6.45) is -1.93. The number of rotatable bonds is 5. The molecule has 0 fully saturated rings. The predicted octanol–water partition coefficient (Wildman–Crippen LogP) is 3.93. The van der Waals surface area contributed by atoms with Crippen LogP contribution in [-0.4, -0.2) is 30.7 Å². The summed E-state index contributed by atoms with van der Waals surface area (Å²) in [5.74, 6) is -0.318. The van der Waals surface area contributed by atoms with Crippen LogP contribution < -0.4 is 14.6 Å². The fourth-order valence-electron chi connectivity index (χ4n) is 3.00. The number of alkyl halides is 3. The van der Waals surface area contributed by atoms with E-state index in [2.05, 4.69) is 15.2 Å². The normalized spacial score (nSPS) is 12.1. The molecule has 166 valence electrons. The maximum Gasteiger partial charge on any atom is 0.416 e. The van der Waals surface area contributed by atoms with E-state index >= 15 is 0 Å². The van der Waals surface area contributed by atoms with Gasteiger partial charge in [0.15, 0.2) is 0 Å². The number of nitrogens with one attached hydrogen (secondary N) is 1. The summed E-state index contributed by atoms with van der Waals surface area (Å²) in [5, 5.41) is 7.89. The third-order valence-corrected chi connectivity index (χ3v) is 7.07. The first kappa shape index (κ1) is 21.8. The van der Waals surface area contributed by atoms with Crippen LogP contribution in [0.5, 0.6) is 5.75 Å². The van der Waals surface area contributed by atoms with Crippen LogP contribution in [0.15, 0.2) is 63.9 Å². The summed E-state index contributed by atoms with van der Waals surface area (Å²) in [6.45, 7) is 0. The van der Waals surface area contributed by atoms with Gasteiger partial charge >= 0.3 is 6.18 Å². The van der Waals surface area contributed by atoms with Crippen LogP contribution in [0.4, 0.5) is 24.0 Å². The van der Waals surface area contributed by atoms with Gasteiger partial charge in [-0.3, -0.25) is 4.79 Å². The van der Waals surface area contributed by atoms with E-state index in [0.717, 1.165) is 34.9 Å². The molecule has 0 amide bonds. The molecule has 4 rings (SSSR count). The zero-order valence-electron chi connectivity index (χ0n) is 16.1. The summed E-state index contributed by atoms with van der Waals surface area (Å²) in [6, 6.07) is 6.32. The number of sulfonamides is 1. The van der Waals surface area contributed by atoms with E-state index in [0.29, 0.717) is 11.5 Å². The van der Waals surface area contributed by atoms with Gasteiger partial charge in [-0.25, -0.2) is 22.8 Å². The highest BCUT2D eigenvalue weighted by Crippen LogP contribution is 2.42. The maximum atomic E-state index is 13.6. The molecule has 0 aliphatic carbocycles. The Balaban J connectivity index is 1.94. The third kappa shape index (κ3) is 3.80. The van der Waals surface area contributed by atoms with Crippen LogP contribution in [0.2, 0.25) is 0 Å². The highest BCUT2D eigenvalue weighted by molar-refractivity contribution is 7.93. The number of hydrogen-bond donors (Lipinski definition) is 1. The van der Waals surface area contributed by atoms with Gasteiger partial charge in [0.25, 0.3) is 15.6 Å². The van der Waals surface area contributed by atoms with Gasteiger partial charge in [0.2, 0.25) is 5.13 Å². The second-order valence-electron chi connectivity index (χ2n) is 6.42. The molecule has 0 unspecified atom stereocenters. The van der Waals surface area contributed by atoms with Crippen LogP contribution in [0.25, 0.3) is 10.8 Å². The maximum absolute atomic E-state index is 13.6. The molecule has 2 heterocycles. The van der Waals surface area contributed by atoms with Crippen LogP contribution in [0.3, 0.4) is 0 Å². The van der Waals surface area contributed by atoms with Gasteiger partial charge in [-0.2, -0.15) is 18.3 Å². The number of halogens is 3. The Morgan fingerprint density at radius 1 is 1.16 bits per heavy atom. The Morgan fingerprint density at radius 2 is 1.94 bits per heavy atom. The smallest absolute Gasteiger partial charge is 0.416 e. The Hall–Kier alpha value is -3.45. The number of benzene rings is 2. The lowest BCUT2D eigenvalue weighted by Crippen LogP contribution is -2.27. The standard InChI is InChI=1S/C19H13F3N4O4S2/c1-30-16-8-12(19(20,21)22)3-5-15(16)26(18-23-6-7-31-18)32(28,29)13-4-2-11-10-24-25-17(27)14(11)9-13/h2-10H,1H3,(H,25,27). The summed E-state index contributed by atoms with van der Waals surface area (Å²) in [5.41, 5.74) is -1.76. The molecule has 0 spiro atoms. The van der Waals surface area contributed by atoms with Crippen LogP contribution in [-0.2, 0) is 16.2 Å². The highest BCUT2D eigenvalue weighted by atomic mass is 32.2. The van der Waals surface area contributed by atoms with Crippen molar-refractivity contribution in [1.82, 2.24) is 15.2 Å². The molecule has 13 heteroatoms. The second-order valence-corrected chi connectivity index (χ2v) is 9.08. The Kier molecular flexibility index (Phi) is 5.38. The predicted molar refractivity (Wildman–Crippen MR) is 112 cm³/mol. The van der Waals surface area contributed by atoms with E-state index in [1.807, 2.05) is 0 Å². The summed E-state index contributed by atoms with van der Waals surface area (Å²) >= 11 is 0.963. The number of H-pyrrole nitrogens is 1. The van der Waals surface area contributed by atoms with Gasteiger partial charge in [-0.15, -0.1) is 11.3 Å². The molecule has 0 saturated heterocycles. The molecule has 0 saturated carbocycles. The molecular formula is C19H13F3N4O4S2. The third-order valence-electron chi connectivity index (χ3n) is 4.50. The lowest BCUT2D eigenvalue weighted by Gasteiger charge is -2.24. The van der Waals surface area contributed by atoms with Crippen molar-refractivity contribution >= 4 is 43.0 Å². The average Bonchev–Trinajstić information content (AvgIpc) is 3.27. The van der Waals surface area contributed by atoms with Gasteiger partial charge in [0, 0.05) is 17.0 Å². The molecule has 1 N–H and O–H groups in total. The SMILES string of the molecule is COc1cc(C(F)(F)F)ccc1N(c1nccs1)S(=O)(=O)c1ccc2cn[nH]c(=O)c2c1. The van der Waals surface area contributed by atoms with Gasteiger partial charge in [0.1, 0.15) is 11.4 Å². The van der Waals surface area contributed by atoms with Gasteiger partial charge in [-0.05, 0) is 30.3 Å². The second kappa shape index (κ2) is 7.91. The minimum absolute atomic E-state index is 0.0215. The van der Waals surface area contributed by atoms with Crippen molar-refractivity contribution in [3.63, 3.8) is 0 Å². The monoisotopic (exact) mass is 482 g/mol. The number of fused-ring (bicyclic) bond motifs is 1. The number of aromatic amines is 1. The molecule has 0 bridgehead atoms. The molecule has 0 aliphatic rings. The first-order valence-electron chi connectivity index (χ1n) is 8.80. The number of nitrogens with zero attached hydrogens (tertiary/aromatic N) is 3. The number of thiazole rings is 1. The van der Waals surface area contributed by atoms with Crippen molar-refractivity contribution in [1.29, 1.82) is 0 Å². The fraction of sp³-hybridized carbons (Fsp3) is 0.105. The molecule has 0 atom stereocenters. The molecule has 32 heavy (non-hydrogen) atoms. The van der Waals surface area contributed by atoms with E-state index in [4.69, 9.17) is 4.74 Å². The highest BCUT2D eigenvalue weighted by Gasteiger charge is 2.35. The van der Waals surface area contributed by atoms with Crippen molar-refractivity contribution in [2.24, 2.45) is 0 Å².